The molecule has 9 unspecified atom stereocenters. The SMILES string of the molecule is C/C1=C\C=C\C(C)C2(O)CC(OC(=O)N2)C(C)C2OC2(C)C(OC(=O)C(C)N(C)C(=O)C(C)N(C)C(=O)CCS)CC(=O)N(C)c2cc(cc(C)c2Cl)C1. The molecular weight excluding hydrogens is 736 g/mol. The maximum atomic E-state index is 14.1. The van der Waals surface area contributed by atoms with Gasteiger partial charge in [0.25, 0.3) is 0 Å². The fraction of sp³-hybridized carbons (Fsp3) is 0.615. The van der Waals surface area contributed by atoms with E-state index in [-0.39, 0.29) is 25.2 Å². The molecule has 54 heavy (non-hydrogen) atoms. The van der Waals surface area contributed by atoms with Crippen LogP contribution >= 0.6 is 24.2 Å². The summed E-state index contributed by atoms with van der Waals surface area (Å²) in [6.45, 7) is 12.3. The van der Waals surface area contributed by atoms with Crippen LogP contribution in [0.15, 0.2) is 35.9 Å². The Morgan fingerprint density at radius 2 is 1.81 bits per heavy atom. The van der Waals surface area contributed by atoms with Crippen molar-refractivity contribution in [3.8, 4) is 0 Å². The number of amides is 4. The molecule has 4 rings (SSSR count). The monoisotopic (exact) mass is 790 g/mol. The number of anilines is 1. The summed E-state index contributed by atoms with van der Waals surface area (Å²) in [6.07, 6.45) is 2.69. The van der Waals surface area contributed by atoms with E-state index in [1.165, 1.54) is 35.7 Å². The van der Waals surface area contributed by atoms with Crippen LogP contribution in [0.2, 0.25) is 5.02 Å². The van der Waals surface area contributed by atoms with Gasteiger partial charge in [-0.1, -0.05) is 55.3 Å². The van der Waals surface area contributed by atoms with Crippen LogP contribution in [0.3, 0.4) is 0 Å². The predicted molar refractivity (Wildman–Crippen MR) is 208 cm³/mol. The zero-order valence-electron chi connectivity index (χ0n) is 32.8. The number of nitrogens with one attached hydrogen (secondary N) is 1. The number of ether oxygens (including phenoxy) is 3. The molecule has 2 fully saturated rings. The molecule has 4 bridgehead atoms. The van der Waals surface area contributed by atoms with Crippen LogP contribution in [0, 0.1) is 18.8 Å². The Balaban J connectivity index is 1.70. The standard InChI is InChI=1S/C39H55ClN4O9S/c1-21-12-11-13-23(3)39(50)20-29(51-37(49)41-39)24(4)34-38(7,53-34)30(19-32(46)44(10)28-18-27(16-21)17-22(2)33(28)40)52-36(48)26(6)43(9)35(47)25(5)42(8)31(45)14-15-54/h11-13,17-18,23-26,29-30,34,50,54H,14-16,19-20H2,1-10H3,(H,41,49)/b13-11+,21-12+. The first-order chi connectivity index (χ1) is 25.1. The van der Waals surface area contributed by atoms with Gasteiger partial charge in [0, 0.05) is 45.8 Å². The number of alkyl carbamates (subject to hydrolysis) is 1. The maximum Gasteiger partial charge on any atom is 0.409 e. The topological polar surface area (TPSA) is 158 Å². The minimum atomic E-state index is -1.62. The van der Waals surface area contributed by atoms with E-state index >= 15 is 0 Å². The first-order valence-electron chi connectivity index (χ1n) is 18.3. The summed E-state index contributed by atoms with van der Waals surface area (Å²) in [7, 11) is 4.57. The lowest BCUT2D eigenvalue weighted by Gasteiger charge is -2.41. The Hall–Kier alpha value is -3.59. The number of halogens is 1. The summed E-state index contributed by atoms with van der Waals surface area (Å²) in [5.41, 5.74) is 0.352. The van der Waals surface area contributed by atoms with Crippen molar-refractivity contribution >= 4 is 59.7 Å². The number of likely N-dealkylation sites (N-methyl/N-ethyl adjacent to an activating group) is 2. The van der Waals surface area contributed by atoms with Crippen molar-refractivity contribution in [1.82, 2.24) is 15.1 Å². The molecule has 2 N–H and O–H groups in total. The molecule has 3 heterocycles. The molecule has 0 aromatic heterocycles. The third-order valence-electron chi connectivity index (χ3n) is 11.3. The van der Waals surface area contributed by atoms with Crippen molar-refractivity contribution in [2.24, 2.45) is 11.8 Å². The molecule has 298 valence electrons. The molecule has 13 nitrogen and oxygen atoms in total. The van der Waals surface area contributed by atoms with Gasteiger partial charge >= 0.3 is 12.1 Å². The lowest BCUT2D eigenvalue weighted by atomic mass is 9.82. The summed E-state index contributed by atoms with van der Waals surface area (Å²) in [6, 6.07) is 1.85. The number of carbonyl (C=O) groups excluding carboxylic acids is 5. The predicted octanol–water partition coefficient (Wildman–Crippen LogP) is 4.60. The number of allylic oxidation sites excluding steroid dienone is 3. The number of carbonyl (C=O) groups is 5. The van der Waals surface area contributed by atoms with E-state index in [0.717, 1.165) is 16.7 Å². The van der Waals surface area contributed by atoms with Gasteiger partial charge in [-0.2, -0.15) is 12.6 Å². The second kappa shape index (κ2) is 17.1. The van der Waals surface area contributed by atoms with E-state index in [9.17, 15) is 29.1 Å². The van der Waals surface area contributed by atoms with Crippen LogP contribution in [-0.2, 0) is 39.8 Å². The molecule has 3 aliphatic rings. The number of hydrogen-bond acceptors (Lipinski definition) is 10. The number of aryl methyl sites for hydroxylation is 1. The van der Waals surface area contributed by atoms with Crippen LogP contribution in [0.4, 0.5) is 10.5 Å². The Morgan fingerprint density at radius 3 is 2.46 bits per heavy atom. The molecule has 0 radical (unpaired) electrons. The van der Waals surface area contributed by atoms with Gasteiger partial charge in [-0.05, 0) is 64.0 Å². The normalized spacial score (nSPS) is 31.4. The van der Waals surface area contributed by atoms with E-state index in [1.807, 2.05) is 51.1 Å². The Bertz CT molecular complexity index is 1710. The van der Waals surface area contributed by atoms with Gasteiger partial charge in [0.15, 0.2) is 0 Å². The summed E-state index contributed by atoms with van der Waals surface area (Å²) in [4.78, 5) is 70.6. The number of rotatable bonds is 7. The number of hydrogen-bond donors (Lipinski definition) is 3. The Labute approximate surface area is 328 Å². The lowest BCUT2D eigenvalue weighted by Crippen LogP contribution is -2.60. The fourth-order valence-electron chi connectivity index (χ4n) is 7.08. The van der Waals surface area contributed by atoms with Gasteiger partial charge in [0.2, 0.25) is 17.7 Å². The summed E-state index contributed by atoms with van der Waals surface area (Å²) in [5, 5.41) is 14.7. The highest BCUT2D eigenvalue weighted by atomic mass is 35.5. The van der Waals surface area contributed by atoms with E-state index in [0.29, 0.717) is 22.9 Å². The van der Waals surface area contributed by atoms with Crippen LogP contribution in [0.1, 0.15) is 71.9 Å². The van der Waals surface area contributed by atoms with Gasteiger partial charge < -0.3 is 34.0 Å². The van der Waals surface area contributed by atoms with Crippen molar-refractivity contribution in [2.75, 3.05) is 31.8 Å². The van der Waals surface area contributed by atoms with E-state index in [4.69, 9.17) is 25.8 Å². The molecule has 4 amide bonds. The van der Waals surface area contributed by atoms with Gasteiger partial charge in [0.05, 0.1) is 23.2 Å². The molecule has 15 heteroatoms. The van der Waals surface area contributed by atoms with E-state index < -0.39 is 77.4 Å². The van der Waals surface area contributed by atoms with Gasteiger partial charge in [-0.3, -0.25) is 19.7 Å². The van der Waals surface area contributed by atoms with E-state index in [2.05, 4.69) is 17.9 Å². The number of aliphatic hydroxyl groups is 1. The highest BCUT2D eigenvalue weighted by Gasteiger charge is 2.64. The van der Waals surface area contributed by atoms with Crippen molar-refractivity contribution in [3.05, 3.63) is 52.1 Å². The molecular formula is C39H55ClN4O9S. The number of thiol groups is 1. The minimum Gasteiger partial charge on any atom is -0.457 e. The highest BCUT2D eigenvalue weighted by molar-refractivity contribution is 7.80. The molecule has 0 spiro atoms. The van der Waals surface area contributed by atoms with Crippen LogP contribution in [0.5, 0.6) is 0 Å². The quantitative estimate of drug-likeness (QED) is 0.204. The fourth-order valence-corrected chi connectivity index (χ4v) is 7.51. The molecule has 1 aromatic rings. The number of benzene rings is 1. The van der Waals surface area contributed by atoms with Gasteiger partial charge in [-0.25, -0.2) is 9.59 Å². The van der Waals surface area contributed by atoms with Crippen molar-refractivity contribution in [2.45, 2.75) is 116 Å². The highest BCUT2D eigenvalue weighted by Crippen LogP contribution is 2.49. The van der Waals surface area contributed by atoms with Crippen molar-refractivity contribution in [1.29, 1.82) is 0 Å². The summed E-state index contributed by atoms with van der Waals surface area (Å²) in [5.74, 6) is -2.61. The third kappa shape index (κ3) is 9.26. The first kappa shape index (κ1) is 43.1. The van der Waals surface area contributed by atoms with Crippen LogP contribution < -0.4 is 10.2 Å². The van der Waals surface area contributed by atoms with Gasteiger partial charge in [-0.15, -0.1) is 0 Å². The third-order valence-corrected chi connectivity index (χ3v) is 12.0. The molecule has 9 atom stereocenters. The lowest BCUT2D eigenvalue weighted by molar-refractivity contribution is -0.163. The number of nitrogens with zero attached hydrogens (tertiary/aromatic N) is 3. The Kier molecular flexibility index (Phi) is 13.6. The largest absolute Gasteiger partial charge is 0.457 e. The second-order valence-electron chi connectivity index (χ2n) is 15.2. The molecule has 0 saturated carbocycles. The van der Waals surface area contributed by atoms with Crippen LogP contribution in [-0.4, -0.2) is 113 Å². The summed E-state index contributed by atoms with van der Waals surface area (Å²) >= 11 is 10.9. The molecule has 0 aliphatic carbocycles. The average molecular weight is 791 g/mol. The number of esters is 1. The number of epoxide rings is 1. The Morgan fingerprint density at radius 1 is 1.15 bits per heavy atom. The first-order valence-corrected chi connectivity index (χ1v) is 19.3. The average Bonchev–Trinajstić information content (AvgIpc) is 3.81. The minimum absolute atomic E-state index is 0.0485. The van der Waals surface area contributed by atoms with Crippen molar-refractivity contribution < 1.29 is 43.3 Å². The zero-order valence-corrected chi connectivity index (χ0v) is 34.5. The number of fused-ring (bicyclic) bond motifs is 5. The second-order valence-corrected chi connectivity index (χ2v) is 16.1. The molecule has 2 saturated heterocycles. The van der Waals surface area contributed by atoms with Gasteiger partial charge in [0.1, 0.15) is 35.6 Å². The molecule has 3 aliphatic heterocycles. The van der Waals surface area contributed by atoms with Crippen LogP contribution in [0.25, 0.3) is 0 Å². The zero-order chi connectivity index (χ0) is 40.4. The summed E-state index contributed by atoms with van der Waals surface area (Å²) < 4.78 is 18.0. The van der Waals surface area contributed by atoms with Crippen molar-refractivity contribution in [3.63, 3.8) is 0 Å². The van der Waals surface area contributed by atoms with E-state index in [1.54, 1.807) is 27.8 Å². The smallest absolute Gasteiger partial charge is 0.409 e. The maximum absolute atomic E-state index is 14.1. The molecule has 1 aromatic carbocycles.